The quantitative estimate of drug-likeness (QED) is 0.622. The largest absolute Gasteiger partial charge is 0.311 e. The molecule has 2 rings (SSSR count). The Morgan fingerprint density at radius 2 is 2.44 bits per heavy atom. The van der Waals surface area contributed by atoms with Crippen molar-refractivity contribution in [2.75, 3.05) is 17.3 Å². The molecule has 3 nitrogen and oxygen atoms in total. The lowest BCUT2D eigenvalue weighted by molar-refractivity contribution is -0.117. The van der Waals surface area contributed by atoms with Gasteiger partial charge in [0.15, 0.2) is 0 Å². The second-order valence-corrected chi connectivity index (χ2v) is 5.09. The molecule has 2 heterocycles. The Labute approximate surface area is 108 Å². The molecular formula is C11H12BrClN2O. The summed E-state index contributed by atoms with van der Waals surface area (Å²) >= 11 is 9.12. The van der Waals surface area contributed by atoms with Crippen LogP contribution in [-0.4, -0.2) is 23.3 Å². The fourth-order valence-corrected chi connectivity index (χ4v) is 2.25. The van der Waals surface area contributed by atoms with Crippen LogP contribution in [0.15, 0.2) is 16.9 Å². The van der Waals surface area contributed by atoms with Crippen LogP contribution in [-0.2, 0) is 4.79 Å². The molecule has 0 saturated carbocycles. The molecule has 1 saturated heterocycles. The Kier molecular flexibility index (Phi) is 3.50. The first kappa shape index (κ1) is 11.9. The van der Waals surface area contributed by atoms with Crippen LogP contribution in [0, 0.1) is 12.8 Å². The first-order chi connectivity index (χ1) is 7.61. The Hall–Kier alpha value is -0.610. The van der Waals surface area contributed by atoms with E-state index in [9.17, 15) is 4.79 Å². The molecule has 0 aliphatic carbocycles. The molecule has 0 aromatic carbocycles. The van der Waals surface area contributed by atoms with Crippen molar-refractivity contribution < 1.29 is 4.79 Å². The van der Waals surface area contributed by atoms with Crippen LogP contribution in [0.1, 0.15) is 12.0 Å². The molecule has 1 atom stereocenters. The summed E-state index contributed by atoms with van der Waals surface area (Å²) in [6.07, 6.45) is 2.25. The van der Waals surface area contributed by atoms with E-state index in [4.69, 9.17) is 11.6 Å². The summed E-state index contributed by atoms with van der Waals surface area (Å²) in [5.41, 5.74) is 1.89. The normalized spacial score (nSPS) is 20.6. The molecule has 0 radical (unpaired) electrons. The molecule has 1 aromatic heterocycles. The van der Waals surface area contributed by atoms with E-state index in [0.29, 0.717) is 18.8 Å². The molecule has 1 aliphatic heterocycles. The second kappa shape index (κ2) is 4.72. The first-order valence-electron chi connectivity index (χ1n) is 5.10. The predicted molar refractivity (Wildman–Crippen MR) is 67.9 cm³/mol. The van der Waals surface area contributed by atoms with Crippen molar-refractivity contribution in [2.45, 2.75) is 13.3 Å². The minimum absolute atomic E-state index is 0.133. The summed E-state index contributed by atoms with van der Waals surface area (Å²) in [7, 11) is 0. The van der Waals surface area contributed by atoms with Crippen molar-refractivity contribution in [3.8, 4) is 0 Å². The number of aromatic nitrogens is 1. The van der Waals surface area contributed by atoms with Crippen LogP contribution < -0.4 is 4.90 Å². The van der Waals surface area contributed by atoms with Gasteiger partial charge >= 0.3 is 0 Å². The highest BCUT2D eigenvalue weighted by atomic mass is 79.9. The van der Waals surface area contributed by atoms with Gasteiger partial charge in [0, 0.05) is 18.8 Å². The molecule has 0 N–H and O–H groups in total. The summed E-state index contributed by atoms with van der Waals surface area (Å²) in [4.78, 5) is 17.7. The van der Waals surface area contributed by atoms with Gasteiger partial charge in [0.1, 0.15) is 4.60 Å². The molecule has 1 aromatic rings. The average molecular weight is 304 g/mol. The van der Waals surface area contributed by atoms with Gasteiger partial charge in [0.05, 0.1) is 11.9 Å². The maximum atomic E-state index is 11.8. The number of carbonyl (C=O) groups excluding carboxylic acids is 1. The highest BCUT2D eigenvalue weighted by Gasteiger charge is 2.30. The molecular weight excluding hydrogens is 291 g/mol. The lowest BCUT2D eigenvalue weighted by Gasteiger charge is -2.16. The minimum atomic E-state index is 0.133. The predicted octanol–water partition coefficient (Wildman–Crippen LogP) is 2.74. The summed E-state index contributed by atoms with van der Waals surface area (Å²) in [5, 5.41) is 0. The zero-order valence-corrected chi connectivity index (χ0v) is 11.3. The monoisotopic (exact) mass is 302 g/mol. The zero-order valence-electron chi connectivity index (χ0n) is 8.91. The third-order valence-corrected chi connectivity index (χ3v) is 4.00. The number of halogens is 2. The Morgan fingerprint density at radius 1 is 1.69 bits per heavy atom. The van der Waals surface area contributed by atoms with Crippen LogP contribution in [0.5, 0.6) is 0 Å². The van der Waals surface area contributed by atoms with Crippen molar-refractivity contribution in [2.24, 2.45) is 5.92 Å². The molecule has 1 amide bonds. The van der Waals surface area contributed by atoms with E-state index in [1.165, 1.54) is 0 Å². The molecule has 16 heavy (non-hydrogen) atoms. The van der Waals surface area contributed by atoms with Gasteiger partial charge in [-0.3, -0.25) is 4.79 Å². The minimum Gasteiger partial charge on any atom is -0.311 e. The van der Waals surface area contributed by atoms with Crippen LogP contribution in [0.3, 0.4) is 0 Å². The number of pyridine rings is 1. The third-order valence-electron chi connectivity index (χ3n) is 2.73. The Morgan fingerprint density at radius 3 is 3.00 bits per heavy atom. The smallest absolute Gasteiger partial charge is 0.227 e. The lowest BCUT2D eigenvalue weighted by atomic mass is 10.1. The first-order valence-corrected chi connectivity index (χ1v) is 6.43. The van der Waals surface area contributed by atoms with Crippen molar-refractivity contribution >= 4 is 39.1 Å². The van der Waals surface area contributed by atoms with Gasteiger partial charge in [0.2, 0.25) is 5.91 Å². The maximum Gasteiger partial charge on any atom is 0.227 e. The van der Waals surface area contributed by atoms with Crippen molar-refractivity contribution in [3.05, 3.63) is 22.4 Å². The third kappa shape index (κ3) is 2.23. The lowest BCUT2D eigenvalue weighted by Crippen LogP contribution is -2.24. The van der Waals surface area contributed by atoms with E-state index in [1.807, 2.05) is 13.0 Å². The number of hydrogen-bond acceptors (Lipinski definition) is 2. The zero-order chi connectivity index (χ0) is 11.7. The van der Waals surface area contributed by atoms with Gasteiger partial charge in [-0.25, -0.2) is 4.98 Å². The van der Waals surface area contributed by atoms with Crippen LogP contribution >= 0.6 is 27.5 Å². The number of hydrogen-bond donors (Lipinski definition) is 0. The second-order valence-electron chi connectivity index (χ2n) is 4.03. The van der Waals surface area contributed by atoms with E-state index in [1.54, 1.807) is 11.1 Å². The average Bonchev–Trinajstić information content (AvgIpc) is 2.64. The topological polar surface area (TPSA) is 33.2 Å². The summed E-state index contributed by atoms with van der Waals surface area (Å²) in [6.45, 7) is 2.66. The standard InChI is InChI=1S/C11H12BrClN2O/c1-7-2-9(5-14-11(7)12)15-6-8(4-13)3-10(15)16/h2,5,8H,3-4,6H2,1H3. The number of anilines is 1. The van der Waals surface area contributed by atoms with Gasteiger partial charge in [-0.1, -0.05) is 0 Å². The maximum absolute atomic E-state index is 11.8. The number of aryl methyl sites for hydroxylation is 1. The highest BCUT2D eigenvalue weighted by Crippen LogP contribution is 2.27. The number of nitrogens with zero attached hydrogens (tertiary/aromatic N) is 2. The van der Waals surface area contributed by atoms with E-state index in [2.05, 4.69) is 20.9 Å². The SMILES string of the molecule is Cc1cc(N2CC(CCl)CC2=O)cnc1Br. The van der Waals surface area contributed by atoms with E-state index in [-0.39, 0.29) is 11.8 Å². The molecule has 0 spiro atoms. The molecule has 1 aliphatic rings. The molecule has 0 bridgehead atoms. The van der Waals surface area contributed by atoms with Gasteiger partial charge < -0.3 is 4.90 Å². The highest BCUT2D eigenvalue weighted by molar-refractivity contribution is 9.10. The molecule has 86 valence electrons. The molecule has 5 heteroatoms. The number of carbonyl (C=O) groups is 1. The van der Waals surface area contributed by atoms with Crippen LogP contribution in [0.25, 0.3) is 0 Å². The van der Waals surface area contributed by atoms with Gasteiger partial charge in [-0.05, 0) is 40.4 Å². The summed E-state index contributed by atoms with van der Waals surface area (Å²) in [5.74, 6) is 0.929. The van der Waals surface area contributed by atoms with E-state index < -0.39 is 0 Å². The number of amides is 1. The van der Waals surface area contributed by atoms with Crippen molar-refractivity contribution in [1.82, 2.24) is 4.98 Å². The molecule has 1 fully saturated rings. The fraction of sp³-hybridized carbons (Fsp3) is 0.455. The van der Waals surface area contributed by atoms with Crippen LogP contribution in [0.2, 0.25) is 0 Å². The van der Waals surface area contributed by atoms with Gasteiger partial charge in [0.25, 0.3) is 0 Å². The van der Waals surface area contributed by atoms with Gasteiger partial charge in [-0.15, -0.1) is 11.6 Å². The molecule has 1 unspecified atom stereocenters. The number of rotatable bonds is 2. The van der Waals surface area contributed by atoms with Crippen LogP contribution in [0.4, 0.5) is 5.69 Å². The summed E-state index contributed by atoms with van der Waals surface area (Å²) < 4.78 is 0.816. The Bertz CT molecular complexity index is 424. The number of alkyl halides is 1. The van der Waals surface area contributed by atoms with E-state index >= 15 is 0 Å². The fourth-order valence-electron chi connectivity index (χ4n) is 1.83. The Balaban J connectivity index is 2.24. The van der Waals surface area contributed by atoms with Crippen molar-refractivity contribution in [3.63, 3.8) is 0 Å². The van der Waals surface area contributed by atoms with Crippen molar-refractivity contribution in [1.29, 1.82) is 0 Å². The van der Waals surface area contributed by atoms with Gasteiger partial charge in [-0.2, -0.15) is 0 Å². The van der Waals surface area contributed by atoms with E-state index in [0.717, 1.165) is 15.9 Å². The summed E-state index contributed by atoms with van der Waals surface area (Å²) in [6, 6.07) is 1.96.